The number of morpholine rings is 1. The standard InChI is InChI=1S/C21H27N3OS/c1-17-7-9-19(10-8-17)20(18-5-3-2-4-6-18)23-21(26)22-11-12-24-13-15-25-16-14-24/h2-10,20H,11-16H2,1H3,(H2,22,23,26)/t20-/m1/s1. The first-order valence-corrected chi connectivity index (χ1v) is 9.59. The summed E-state index contributed by atoms with van der Waals surface area (Å²) in [6, 6.07) is 19.1. The van der Waals surface area contributed by atoms with Gasteiger partial charge < -0.3 is 15.4 Å². The maximum Gasteiger partial charge on any atom is 0.167 e. The van der Waals surface area contributed by atoms with Crippen LogP contribution in [0.1, 0.15) is 22.7 Å². The third-order valence-corrected chi connectivity index (χ3v) is 4.90. The second kappa shape index (κ2) is 9.67. The van der Waals surface area contributed by atoms with Crippen LogP contribution in [-0.4, -0.2) is 49.4 Å². The molecule has 0 aliphatic carbocycles. The van der Waals surface area contributed by atoms with Gasteiger partial charge in [0.25, 0.3) is 0 Å². The Bertz CT molecular complexity index is 684. The van der Waals surface area contributed by atoms with Crippen LogP contribution in [0, 0.1) is 6.92 Å². The Labute approximate surface area is 161 Å². The first-order chi connectivity index (χ1) is 12.7. The van der Waals surface area contributed by atoms with Gasteiger partial charge in [-0.25, -0.2) is 0 Å². The molecule has 1 heterocycles. The minimum Gasteiger partial charge on any atom is -0.379 e. The van der Waals surface area contributed by atoms with Crippen LogP contribution in [0.25, 0.3) is 0 Å². The molecule has 1 aliphatic rings. The smallest absolute Gasteiger partial charge is 0.167 e. The largest absolute Gasteiger partial charge is 0.379 e. The molecule has 0 bridgehead atoms. The second-order valence-corrected chi connectivity index (χ2v) is 7.02. The molecule has 3 rings (SSSR count). The zero-order chi connectivity index (χ0) is 18.2. The summed E-state index contributed by atoms with van der Waals surface area (Å²) in [4.78, 5) is 2.40. The summed E-state index contributed by atoms with van der Waals surface area (Å²) >= 11 is 5.56. The molecule has 1 fully saturated rings. The highest BCUT2D eigenvalue weighted by molar-refractivity contribution is 7.80. The summed E-state index contributed by atoms with van der Waals surface area (Å²) in [5, 5.41) is 7.52. The molecule has 0 radical (unpaired) electrons. The van der Waals surface area contributed by atoms with E-state index in [0.29, 0.717) is 5.11 Å². The fourth-order valence-corrected chi connectivity index (χ4v) is 3.32. The Hall–Kier alpha value is -1.95. The topological polar surface area (TPSA) is 36.5 Å². The molecule has 5 heteroatoms. The van der Waals surface area contributed by atoms with Crippen molar-refractivity contribution in [2.45, 2.75) is 13.0 Å². The number of hydrogen-bond donors (Lipinski definition) is 2. The molecule has 0 amide bonds. The van der Waals surface area contributed by atoms with Gasteiger partial charge in [0.15, 0.2) is 5.11 Å². The third-order valence-electron chi connectivity index (χ3n) is 4.64. The van der Waals surface area contributed by atoms with E-state index in [2.05, 4.69) is 71.0 Å². The van der Waals surface area contributed by atoms with Crippen molar-refractivity contribution < 1.29 is 4.74 Å². The van der Waals surface area contributed by atoms with Crippen molar-refractivity contribution in [1.29, 1.82) is 0 Å². The molecule has 2 aromatic rings. The highest BCUT2D eigenvalue weighted by Gasteiger charge is 2.15. The van der Waals surface area contributed by atoms with Gasteiger partial charge in [-0.15, -0.1) is 0 Å². The normalized spacial score (nSPS) is 16.0. The van der Waals surface area contributed by atoms with Crippen molar-refractivity contribution in [1.82, 2.24) is 15.5 Å². The Morgan fingerprint density at radius 3 is 2.38 bits per heavy atom. The predicted molar refractivity (Wildman–Crippen MR) is 110 cm³/mol. The number of aryl methyl sites for hydroxylation is 1. The minimum absolute atomic E-state index is 0.0418. The number of hydrogen-bond acceptors (Lipinski definition) is 3. The first-order valence-electron chi connectivity index (χ1n) is 9.18. The van der Waals surface area contributed by atoms with Crippen molar-refractivity contribution >= 4 is 17.3 Å². The van der Waals surface area contributed by atoms with Crippen LogP contribution in [0.3, 0.4) is 0 Å². The van der Waals surface area contributed by atoms with Gasteiger partial charge in [0.05, 0.1) is 19.3 Å². The van der Waals surface area contributed by atoms with Gasteiger partial charge in [-0.3, -0.25) is 4.90 Å². The molecule has 4 nitrogen and oxygen atoms in total. The van der Waals surface area contributed by atoms with Crippen LogP contribution in [0.2, 0.25) is 0 Å². The summed E-state index contributed by atoms with van der Waals surface area (Å²) in [5.74, 6) is 0. The van der Waals surface area contributed by atoms with E-state index in [0.717, 1.165) is 39.4 Å². The number of ether oxygens (including phenoxy) is 1. The van der Waals surface area contributed by atoms with Gasteiger partial charge in [0.2, 0.25) is 0 Å². The molecule has 26 heavy (non-hydrogen) atoms. The maximum absolute atomic E-state index is 5.56. The second-order valence-electron chi connectivity index (χ2n) is 6.61. The molecule has 0 unspecified atom stereocenters. The van der Waals surface area contributed by atoms with Crippen molar-refractivity contribution in [3.63, 3.8) is 0 Å². The number of nitrogens with zero attached hydrogens (tertiary/aromatic N) is 1. The fraction of sp³-hybridized carbons (Fsp3) is 0.381. The van der Waals surface area contributed by atoms with Crippen LogP contribution in [0.4, 0.5) is 0 Å². The number of rotatable bonds is 6. The van der Waals surface area contributed by atoms with Gasteiger partial charge in [0.1, 0.15) is 0 Å². The average Bonchev–Trinajstić information content (AvgIpc) is 2.68. The molecule has 1 aliphatic heterocycles. The molecule has 0 spiro atoms. The number of thiocarbonyl (C=S) groups is 1. The van der Waals surface area contributed by atoms with Crippen LogP contribution in [0.15, 0.2) is 54.6 Å². The molecule has 1 saturated heterocycles. The minimum atomic E-state index is 0.0418. The van der Waals surface area contributed by atoms with E-state index in [-0.39, 0.29) is 6.04 Å². The van der Waals surface area contributed by atoms with Crippen LogP contribution < -0.4 is 10.6 Å². The van der Waals surface area contributed by atoms with Gasteiger partial charge in [-0.2, -0.15) is 0 Å². The van der Waals surface area contributed by atoms with Crippen molar-refractivity contribution in [3.8, 4) is 0 Å². The van der Waals surface area contributed by atoms with E-state index in [1.807, 2.05) is 6.07 Å². The lowest BCUT2D eigenvalue weighted by atomic mass is 9.98. The zero-order valence-corrected chi connectivity index (χ0v) is 16.1. The van der Waals surface area contributed by atoms with Gasteiger partial charge in [0, 0.05) is 26.2 Å². The summed E-state index contributed by atoms with van der Waals surface area (Å²) in [7, 11) is 0. The van der Waals surface area contributed by atoms with Gasteiger partial charge in [-0.1, -0.05) is 60.2 Å². The van der Waals surface area contributed by atoms with Crippen molar-refractivity contribution in [3.05, 3.63) is 71.3 Å². The van der Waals surface area contributed by atoms with Crippen LogP contribution >= 0.6 is 12.2 Å². The lowest BCUT2D eigenvalue weighted by Crippen LogP contribution is -2.44. The lowest BCUT2D eigenvalue weighted by molar-refractivity contribution is 0.0389. The molecule has 2 aromatic carbocycles. The van der Waals surface area contributed by atoms with E-state index in [4.69, 9.17) is 17.0 Å². The Kier molecular flexibility index (Phi) is 7.00. The SMILES string of the molecule is Cc1ccc([C@H](NC(=S)NCCN2CCOCC2)c2ccccc2)cc1. The van der Waals surface area contributed by atoms with Crippen LogP contribution in [-0.2, 0) is 4.74 Å². The van der Waals surface area contributed by atoms with E-state index in [1.54, 1.807) is 0 Å². The van der Waals surface area contributed by atoms with Crippen LogP contribution in [0.5, 0.6) is 0 Å². The average molecular weight is 370 g/mol. The fourth-order valence-electron chi connectivity index (χ4n) is 3.10. The van der Waals surface area contributed by atoms with E-state index in [1.165, 1.54) is 16.7 Å². The molecule has 2 N–H and O–H groups in total. The molecule has 1 atom stereocenters. The summed E-state index contributed by atoms with van der Waals surface area (Å²) < 4.78 is 5.39. The van der Waals surface area contributed by atoms with Crippen molar-refractivity contribution in [2.24, 2.45) is 0 Å². The lowest BCUT2D eigenvalue weighted by Gasteiger charge is -2.27. The zero-order valence-electron chi connectivity index (χ0n) is 15.3. The predicted octanol–water partition coefficient (Wildman–Crippen LogP) is 2.88. The summed E-state index contributed by atoms with van der Waals surface area (Å²) in [6.45, 7) is 7.56. The summed E-state index contributed by atoms with van der Waals surface area (Å²) in [6.07, 6.45) is 0. The quantitative estimate of drug-likeness (QED) is 0.766. The van der Waals surface area contributed by atoms with Gasteiger partial charge >= 0.3 is 0 Å². The number of benzene rings is 2. The third kappa shape index (κ3) is 5.53. The van der Waals surface area contributed by atoms with E-state index < -0.39 is 0 Å². The molecule has 0 saturated carbocycles. The first kappa shape index (κ1) is 18.8. The monoisotopic (exact) mass is 369 g/mol. The molecule has 0 aromatic heterocycles. The summed E-state index contributed by atoms with van der Waals surface area (Å²) in [5.41, 5.74) is 3.67. The number of nitrogens with one attached hydrogen (secondary N) is 2. The highest BCUT2D eigenvalue weighted by Crippen LogP contribution is 2.22. The maximum atomic E-state index is 5.56. The molecular formula is C21H27N3OS. The molecule has 138 valence electrons. The molecular weight excluding hydrogens is 342 g/mol. The van der Waals surface area contributed by atoms with E-state index >= 15 is 0 Å². The Morgan fingerprint density at radius 1 is 1.04 bits per heavy atom. The highest BCUT2D eigenvalue weighted by atomic mass is 32.1. The van der Waals surface area contributed by atoms with Gasteiger partial charge in [-0.05, 0) is 30.3 Å². The Morgan fingerprint density at radius 2 is 1.69 bits per heavy atom. The van der Waals surface area contributed by atoms with E-state index in [9.17, 15) is 0 Å². The van der Waals surface area contributed by atoms with Crippen molar-refractivity contribution in [2.75, 3.05) is 39.4 Å². The Balaban J connectivity index is 1.60.